The molecule has 0 aromatic carbocycles. The fourth-order valence-electron chi connectivity index (χ4n) is 0.217. The van der Waals surface area contributed by atoms with Crippen LogP contribution in [0.25, 0.3) is 0 Å². The molecule has 0 saturated carbocycles. The van der Waals surface area contributed by atoms with E-state index in [2.05, 4.69) is 17.9 Å². The van der Waals surface area contributed by atoms with Gasteiger partial charge in [0.1, 0.15) is 6.29 Å². The van der Waals surface area contributed by atoms with Crippen molar-refractivity contribution >= 4 is 25.3 Å². The second-order valence-electron chi connectivity index (χ2n) is 1.23. The molecule has 1 atom stereocenters. The second-order valence-corrected chi connectivity index (χ2v) is 1.89. The third-order valence-electron chi connectivity index (χ3n) is 0.567. The summed E-state index contributed by atoms with van der Waals surface area (Å²) in [7, 11) is 0. The van der Waals surface area contributed by atoms with E-state index >= 15 is 0 Å². The van der Waals surface area contributed by atoms with E-state index in [-0.39, 0.29) is 5.25 Å². The Kier molecular flexibility index (Phi) is 4.35. The number of hydrogen-bond donors (Lipinski definition) is 2. The fraction of sp³-hybridized carbons (Fsp3) is 0.500. The largest absolute Gasteiger partial charge is 0.357 e. The third-order valence-corrected chi connectivity index (χ3v) is 0.872. The zero-order chi connectivity index (χ0) is 6.41. The first-order valence-electron chi connectivity index (χ1n) is 2.11. The van der Waals surface area contributed by atoms with E-state index in [1.807, 2.05) is 0 Å². The second kappa shape index (κ2) is 4.64. The molecule has 0 aromatic rings. The van der Waals surface area contributed by atoms with Crippen LogP contribution in [-0.2, 0) is 9.59 Å². The van der Waals surface area contributed by atoms with Gasteiger partial charge < -0.3 is 10.1 Å². The van der Waals surface area contributed by atoms with Gasteiger partial charge in [0.25, 0.3) is 0 Å². The predicted octanol–water partition coefficient (Wildman–Crippen LogP) is -0.770. The van der Waals surface area contributed by atoms with E-state index < -0.39 is 0 Å². The van der Waals surface area contributed by atoms with Crippen LogP contribution in [-0.4, -0.2) is 24.5 Å². The van der Waals surface area contributed by atoms with E-state index in [9.17, 15) is 9.59 Å². The minimum atomic E-state index is -0.375. The maximum absolute atomic E-state index is 9.78. The van der Waals surface area contributed by atoms with E-state index in [0.29, 0.717) is 19.2 Å². The summed E-state index contributed by atoms with van der Waals surface area (Å²) < 4.78 is 0. The summed E-state index contributed by atoms with van der Waals surface area (Å²) in [4.78, 5) is 19.3. The predicted molar refractivity (Wildman–Crippen MR) is 32.9 cm³/mol. The molecule has 8 heavy (non-hydrogen) atoms. The SMILES string of the molecule is O=CNCC(S)C=O. The zero-order valence-corrected chi connectivity index (χ0v) is 5.10. The van der Waals surface area contributed by atoms with Crippen LogP contribution in [0.2, 0.25) is 0 Å². The first-order chi connectivity index (χ1) is 3.81. The molecule has 0 aliphatic heterocycles. The Hall–Kier alpha value is -0.510. The molecule has 0 saturated heterocycles. The number of rotatable bonds is 4. The van der Waals surface area contributed by atoms with Crippen molar-refractivity contribution in [3.8, 4) is 0 Å². The van der Waals surface area contributed by atoms with Crippen molar-refractivity contribution in [2.24, 2.45) is 0 Å². The molecule has 1 unspecified atom stereocenters. The van der Waals surface area contributed by atoms with Gasteiger partial charge in [-0.25, -0.2) is 0 Å². The Morgan fingerprint density at radius 3 is 2.62 bits per heavy atom. The summed E-state index contributed by atoms with van der Waals surface area (Å²) in [6.45, 7) is 0.302. The van der Waals surface area contributed by atoms with Crippen LogP contribution in [0.5, 0.6) is 0 Å². The Labute approximate surface area is 52.9 Å². The first-order valence-corrected chi connectivity index (χ1v) is 2.63. The number of nitrogens with one attached hydrogen (secondary N) is 1. The monoisotopic (exact) mass is 133 g/mol. The zero-order valence-electron chi connectivity index (χ0n) is 4.20. The lowest BCUT2D eigenvalue weighted by Gasteiger charge is -1.97. The van der Waals surface area contributed by atoms with Gasteiger partial charge in [0, 0.05) is 6.54 Å². The number of amides is 1. The standard InChI is InChI=1S/C4H7NO2S/c6-2-4(8)1-5-3-7/h2-4,8H,1H2,(H,5,7). The lowest BCUT2D eigenvalue weighted by molar-refractivity contribution is -0.109. The topological polar surface area (TPSA) is 46.2 Å². The highest BCUT2D eigenvalue weighted by atomic mass is 32.1. The van der Waals surface area contributed by atoms with Gasteiger partial charge in [-0.1, -0.05) is 0 Å². The van der Waals surface area contributed by atoms with Crippen LogP contribution in [0.4, 0.5) is 0 Å². The molecular formula is C4H7NO2S. The van der Waals surface area contributed by atoms with Gasteiger partial charge in [0.05, 0.1) is 5.25 Å². The summed E-state index contributed by atoms with van der Waals surface area (Å²) >= 11 is 3.77. The van der Waals surface area contributed by atoms with Gasteiger partial charge in [-0.2, -0.15) is 12.6 Å². The van der Waals surface area contributed by atoms with Crippen molar-refractivity contribution in [2.45, 2.75) is 5.25 Å². The summed E-state index contributed by atoms with van der Waals surface area (Å²) in [5, 5.41) is 1.94. The molecule has 46 valence electrons. The van der Waals surface area contributed by atoms with Crippen molar-refractivity contribution < 1.29 is 9.59 Å². The van der Waals surface area contributed by atoms with Crippen LogP contribution >= 0.6 is 12.6 Å². The molecule has 0 rings (SSSR count). The van der Waals surface area contributed by atoms with Crippen LogP contribution < -0.4 is 5.32 Å². The molecule has 0 bridgehead atoms. The van der Waals surface area contributed by atoms with E-state index in [4.69, 9.17) is 0 Å². The van der Waals surface area contributed by atoms with Gasteiger partial charge in [0.2, 0.25) is 6.41 Å². The fourth-order valence-corrected chi connectivity index (χ4v) is 0.322. The van der Waals surface area contributed by atoms with Gasteiger partial charge in [-0.15, -0.1) is 0 Å². The number of carbonyl (C=O) groups excluding carboxylic acids is 2. The molecule has 0 fully saturated rings. The molecule has 1 amide bonds. The number of hydrogen-bond acceptors (Lipinski definition) is 3. The molecule has 4 heteroatoms. The highest BCUT2D eigenvalue weighted by Gasteiger charge is 1.95. The van der Waals surface area contributed by atoms with Gasteiger partial charge in [-0.3, -0.25) is 4.79 Å². The molecule has 0 aromatic heterocycles. The van der Waals surface area contributed by atoms with E-state index in [1.165, 1.54) is 0 Å². The maximum atomic E-state index is 9.78. The first kappa shape index (κ1) is 7.49. The summed E-state index contributed by atoms with van der Waals surface area (Å²) in [5.74, 6) is 0. The Bertz CT molecular complexity index is 86.1. The maximum Gasteiger partial charge on any atom is 0.207 e. The highest BCUT2D eigenvalue weighted by molar-refractivity contribution is 7.81. The summed E-state index contributed by atoms with van der Waals surface area (Å²) in [5.41, 5.74) is 0. The van der Waals surface area contributed by atoms with Crippen LogP contribution in [0.3, 0.4) is 0 Å². The molecule has 0 heterocycles. The Morgan fingerprint density at radius 1 is 1.62 bits per heavy atom. The summed E-state index contributed by atoms with van der Waals surface area (Å²) in [6.07, 6.45) is 1.20. The summed E-state index contributed by atoms with van der Waals surface area (Å²) in [6, 6.07) is 0. The normalized spacial score (nSPS) is 12.1. The quantitative estimate of drug-likeness (QED) is 0.391. The molecular weight excluding hydrogens is 126 g/mol. The van der Waals surface area contributed by atoms with E-state index in [0.717, 1.165) is 0 Å². The van der Waals surface area contributed by atoms with Crippen molar-refractivity contribution in [3.05, 3.63) is 0 Å². The van der Waals surface area contributed by atoms with Gasteiger partial charge >= 0.3 is 0 Å². The van der Waals surface area contributed by atoms with Crippen LogP contribution in [0.15, 0.2) is 0 Å². The molecule has 3 nitrogen and oxygen atoms in total. The Morgan fingerprint density at radius 2 is 2.25 bits per heavy atom. The van der Waals surface area contributed by atoms with Crippen LogP contribution in [0.1, 0.15) is 0 Å². The average molecular weight is 133 g/mol. The smallest absolute Gasteiger partial charge is 0.207 e. The minimum absolute atomic E-state index is 0.302. The molecule has 0 spiro atoms. The molecule has 0 radical (unpaired) electrons. The van der Waals surface area contributed by atoms with Crippen LogP contribution in [0, 0.1) is 0 Å². The van der Waals surface area contributed by atoms with Gasteiger partial charge in [0.15, 0.2) is 0 Å². The lowest BCUT2D eigenvalue weighted by Crippen LogP contribution is -2.22. The lowest BCUT2D eigenvalue weighted by atomic mass is 10.5. The molecule has 0 aliphatic carbocycles. The number of aldehydes is 1. The average Bonchev–Trinajstić information content (AvgIpc) is 1.83. The van der Waals surface area contributed by atoms with Gasteiger partial charge in [-0.05, 0) is 0 Å². The van der Waals surface area contributed by atoms with Crippen molar-refractivity contribution in [2.75, 3.05) is 6.54 Å². The molecule has 1 N–H and O–H groups in total. The highest BCUT2D eigenvalue weighted by Crippen LogP contribution is 1.83. The number of thiol groups is 1. The minimum Gasteiger partial charge on any atom is -0.357 e. The third kappa shape index (κ3) is 3.67. The molecule has 0 aliphatic rings. The Balaban J connectivity index is 3.09. The van der Waals surface area contributed by atoms with Crippen molar-refractivity contribution in [1.29, 1.82) is 0 Å². The number of carbonyl (C=O) groups is 2. The van der Waals surface area contributed by atoms with Crippen molar-refractivity contribution in [3.63, 3.8) is 0 Å². The van der Waals surface area contributed by atoms with E-state index in [1.54, 1.807) is 0 Å². The van der Waals surface area contributed by atoms with Crippen molar-refractivity contribution in [1.82, 2.24) is 5.32 Å².